The molecule has 0 spiro atoms. The third kappa shape index (κ3) is 4.05. The van der Waals surface area contributed by atoms with Gasteiger partial charge in [0.1, 0.15) is 17.7 Å². The highest BCUT2D eigenvalue weighted by molar-refractivity contribution is 9.10. The maximum atomic E-state index is 13.7. The van der Waals surface area contributed by atoms with E-state index in [1.165, 1.54) is 6.07 Å². The van der Waals surface area contributed by atoms with Crippen molar-refractivity contribution in [1.29, 1.82) is 0 Å². The molecular formula is C17H19BrFNO. The molecule has 0 aromatic heterocycles. The van der Waals surface area contributed by atoms with E-state index in [-0.39, 0.29) is 18.0 Å². The Morgan fingerprint density at radius 2 is 2.00 bits per heavy atom. The fraction of sp³-hybridized carbons (Fsp3) is 0.294. The summed E-state index contributed by atoms with van der Waals surface area (Å²) in [6.45, 7) is 3.73. The summed E-state index contributed by atoms with van der Waals surface area (Å²) >= 11 is 3.45. The van der Waals surface area contributed by atoms with E-state index in [2.05, 4.69) is 15.9 Å². The fourth-order valence-corrected chi connectivity index (χ4v) is 2.51. The Morgan fingerprint density at radius 3 is 2.62 bits per heavy atom. The summed E-state index contributed by atoms with van der Waals surface area (Å²) < 4.78 is 20.6. The Hall–Kier alpha value is -1.39. The third-order valence-electron chi connectivity index (χ3n) is 3.44. The summed E-state index contributed by atoms with van der Waals surface area (Å²) in [5.41, 5.74) is 7.75. The van der Waals surface area contributed by atoms with E-state index < -0.39 is 0 Å². The minimum absolute atomic E-state index is 0.163. The van der Waals surface area contributed by atoms with Crippen LogP contribution in [0.1, 0.15) is 30.6 Å². The van der Waals surface area contributed by atoms with Gasteiger partial charge in [0.2, 0.25) is 0 Å². The van der Waals surface area contributed by atoms with Gasteiger partial charge in [0.15, 0.2) is 0 Å². The van der Waals surface area contributed by atoms with Gasteiger partial charge in [-0.3, -0.25) is 0 Å². The van der Waals surface area contributed by atoms with Gasteiger partial charge in [-0.25, -0.2) is 4.39 Å². The van der Waals surface area contributed by atoms with Crippen molar-refractivity contribution in [2.75, 3.05) is 0 Å². The number of hydrogen-bond acceptors (Lipinski definition) is 2. The van der Waals surface area contributed by atoms with Crippen LogP contribution in [0, 0.1) is 12.7 Å². The van der Waals surface area contributed by atoms with E-state index in [4.69, 9.17) is 10.5 Å². The van der Waals surface area contributed by atoms with Crippen molar-refractivity contribution in [3.8, 4) is 5.75 Å². The second kappa shape index (κ2) is 7.05. The number of halogens is 2. The molecule has 0 aliphatic rings. The van der Waals surface area contributed by atoms with Crippen molar-refractivity contribution in [3.05, 3.63) is 63.9 Å². The third-order valence-corrected chi connectivity index (χ3v) is 3.94. The number of ether oxygens (including phenoxy) is 1. The maximum absolute atomic E-state index is 13.7. The summed E-state index contributed by atoms with van der Waals surface area (Å²) in [7, 11) is 0. The summed E-state index contributed by atoms with van der Waals surface area (Å²) in [5.74, 6) is 0.220. The second-order valence-corrected chi connectivity index (χ2v) is 5.99. The van der Waals surface area contributed by atoms with Crippen molar-refractivity contribution in [2.45, 2.75) is 32.4 Å². The number of benzene rings is 2. The van der Waals surface area contributed by atoms with Crippen LogP contribution in [-0.4, -0.2) is 6.04 Å². The zero-order valence-corrected chi connectivity index (χ0v) is 13.7. The maximum Gasteiger partial charge on any atom is 0.139 e. The van der Waals surface area contributed by atoms with Crippen LogP contribution in [0.5, 0.6) is 5.75 Å². The van der Waals surface area contributed by atoms with E-state index in [0.29, 0.717) is 11.3 Å². The van der Waals surface area contributed by atoms with Crippen LogP contribution < -0.4 is 10.5 Å². The van der Waals surface area contributed by atoms with Crippen LogP contribution >= 0.6 is 15.9 Å². The fourth-order valence-electron chi connectivity index (χ4n) is 2.09. The Labute approximate surface area is 133 Å². The molecule has 2 rings (SSSR count). The molecule has 112 valence electrons. The Morgan fingerprint density at radius 1 is 1.24 bits per heavy atom. The minimum atomic E-state index is -0.311. The van der Waals surface area contributed by atoms with E-state index in [1.807, 2.05) is 31.2 Å². The first-order valence-electron chi connectivity index (χ1n) is 6.95. The highest BCUT2D eigenvalue weighted by Gasteiger charge is 2.21. The smallest absolute Gasteiger partial charge is 0.139 e. The lowest BCUT2D eigenvalue weighted by atomic mass is 10.0. The van der Waals surface area contributed by atoms with Crippen LogP contribution in [0.25, 0.3) is 0 Å². The van der Waals surface area contributed by atoms with Gasteiger partial charge in [-0.15, -0.1) is 0 Å². The molecule has 2 aromatic rings. The SMILES string of the molecule is CCC(N)C(Oc1ccc(C)c(F)c1)c1cccc(Br)c1. The normalized spacial score (nSPS) is 13.8. The highest BCUT2D eigenvalue weighted by Crippen LogP contribution is 2.28. The molecule has 0 radical (unpaired) electrons. The van der Waals surface area contributed by atoms with Gasteiger partial charge in [-0.1, -0.05) is 41.1 Å². The van der Waals surface area contributed by atoms with Gasteiger partial charge in [-0.2, -0.15) is 0 Å². The van der Waals surface area contributed by atoms with Gasteiger partial charge >= 0.3 is 0 Å². The molecule has 2 aromatic carbocycles. The number of hydrogen-bond donors (Lipinski definition) is 1. The van der Waals surface area contributed by atoms with Crippen molar-refractivity contribution in [3.63, 3.8) is 0 Å². The van der Waals surface area contributed by atoms with Gasteiger partial charge in [0.25, 0.3) is 0 Å². The standard InChI is InChI=1S/C17H19BrFNO/c1-3-16(20)17(12-5-4-6-13(18)9-12)21-14-8-7-11(2)15(19)10-14/h4-10,16-17H,3,20H2,1-2H3. The van der Waals surface area contributed by atoms with Crippen molar-refractivity contribution < 1.29 is 9.13 Å². The van der Waals surface area contributed by atoms with Gasteiger partial charge < -0.3 is 10.5 Å². The average Bonchev–Trinajstić information content (AvgIpc) is 2.47. The molecule has 0 heterocycles. The van der Waals surface area contributed by atoms with Crippen molar-refractivity contribution in [2.24, 2.45) is 5.73 Å². The van der Waals surface area contributed by atoms with E-state index >= 15 is 0 Å². The van der Waals surface area contributed by atoms with E-state index in [9.17, 15) is 4.39 Å². The molecule has 0 aliphatic heterocycles. The van der Waals surface area contributed by atoms with E-state index in [1.54, 1.807) is 19.1 Å². The van der Waals surface area contributed by atoms with Crippen LogP contribution in [-0.2, 0) is 0 Å². The zero-order valence-electron chi connectivity index (χ0n) is 12.1. The first kappa shape index (κ1) is 16.0. The van der Waals surface area contributed by atoms with Gasteiger partial charge in [-0.05, 0) is 42.7 Å². The molecule has 2 nitrogen and oxygen atoms in total. The monoisotopic (exact) mass is 351 g/mol. The Bertz CT molecular complexity index is 617. The summed E-state index contributed by atoms with van der Waals surface area (Å²) in [5, 5.41) is 0. The molecule has 0 aliphatic carbocycles. The molecule has 21 heavy (non-hydrogen) atoms. The topological polar surface area (TPSA) is 35.2 Å². The summed E-state index contributed by atoms with van der Waals surface area (Å²) in [6.07, 6.45) is 0.459. The van der Waals surface area contributed by atoms with Crippen LogP contribution in [0.4, 0.5) is 4.39 Å². The summed E-state index contributed by atoms with van der Waals surface area (Å²) in [4.78, 5) is 0. The predicted molar refractivity (Wildman–Crippen MR) is 86.9 cm³/mol. The number of rotatable bonds is 5. The molecule has 0 bridgehead atoms. The lowest BCUT2D eigenvalue weighted by Gasteiger charge is -2.25. The van der Waals surface area contributed by atoms with Crippen LogP contribution in [0.2, 0.25) is 0 Å². The number of nitrogens with two attached hydrogens (primary N) is 1. The predicted octanol–water partition coefficient (Wildman–Crippen LogP) is 4.75. The molecule has 0 amide bonds. The average molecular weight is 352 g/mol. The van der Waals surface area contributed by atoms with Crippen molar-refractivity contribution >= 4 is 15.9 Å². The quantitative estimate of drug-likeness (QED) is 0.843. The van der Waals surface area contributed by atoms with Crippen molar-refractivity contribution in [1.82, 2.24) is 0 Å². The molecule has 4 heteroatoms. The molecule has 2 atom stereocenters. The molecule has 2 unspecified atom stereocenters. The Balaban J connectivity index is 2.30. The summed E-state index contributed by atoms with van der Waals surface area (Å²) in [6, 6.07) is 12.6. The molecular weight excluding hydrogens is 333 g/mol. The molecule has 2 N–H and O–H groups in total. The van der Waals surface area contributed by atoms with Crippen LogP contribution in [0.3, 0.4) is 0 Å². The largest absolute Gasteiger partial charge is 0.484 e. The second-order valence-electron chi connectivity index (χ2n) is 5.08. The van der Waals surface area contributed by atoms with Gasteiger partial charge in [0, 0.05) is 16.6 Å². The lowest BCUT2D eigenvalue weighted by Crippen LogP contribution is -2.31. The molecule has 0 saturated heterocycles. The first-order valence-corrected chi connectivity index (χ1v) is 7.74. The lowest BCUT2D eigenvalue weighted by molar-refractivity contribution is 0.170. The molecule has 0 fully saturated rings. The highest BCUT2D eigenvalue weighted by atomic mass is 79.9. The first-order chi connectivity index (χ1) is 10.0. The van der Waals surface area contributed by atoms with Crippen LogP contribution in [0.15, 0.2) is 46.9 Å². The van der Waals surface area contributed by atoms with Gasteiger partial charge in [0.05, 0.1) is 0 Å². The number of aryl methyl sites for hydroxylation is 1. The van der Waals surface area contributed by atoms with E-state index in [0.717, 1.165) is 16.5 Å². The Kier molecular flexibility index (Phi) is 5.37. The molecule has 0 saturated carbocycles. The minimum Gasteiger partial charge on any atom is -0.484 e. The zero-order chi connectivity index (χ0) is 15.4.